The van der Waals surface area contributed by atoms with Gasteiger partial charge in [-0.25, -0.2) is 4.39 Å². The van der Waals surface area contributed by atoms with Crippen LogP contribution in [0.1, 0.15) is 5.56 Å². The Balaban J connectivity index is 2.05. The van der Waals surface area contributed by atoms with E-state index >= 15 is 0 Å². The van der Waals surface area contributed by atoms with E-state index in [1.807, 2.05) is 12.1 Å². The molecule has 0 N–H and O–H groups in total. The molecule has 4 heteroatoms. The molecule has 2 aromatic rings. The summed E-state index contributed by atoms with van der Waals surface area (Å²) in [5.74, 6) is 0.391. The molecule has 0 aliphatic rings. The van der Waals surface area contributed by atoms with Gasteiger partial charge in [0.05, 0.1) is 5.02 Å². The van der Waals surface area contributed by atoms with Gasteiger partial charge in [0.1, 0.15) is 18.2 Å². The molecule has 0 atom stereocenters. The molecule has 88 valence electrons. The van der Waals surface area contributed by atoms with Crippen LogP contribution in [0.15, 0.2) is 46.9 Å². The third kappa shape index (κ3) is 3.45. The van der Waals surface area contributed by atoms with E-state index in [1.54, 1.807) is 18.2 Å². The van der Waals surface area contributed by atoms with Gasteiger partial charge in [0.15, 0.2) is 0 Å². The molecule has 0 fully saturated rings. The van der Waals surface area contributed by atoms with E-state index in [4.69, 9.17) is 16.3 Å². The number of hydrogen-bond acceptors (Lipinski definition) is 1. The first-order chi connectivity index (χ1) is 8.15. The number of ether oxygens (including phenoxy) is 1. The largest absolute Gasteiger partial charge is 0.489 e. The predicted octanol–water partition coefficient (Wildman–Crippen LogP) is 4.82. The lowest BCUT2D eigenvalue weighted by Gasteiger charge is -2.07. The monoisotopic (exact) mass is 314 g/mol. The van der Waals surface area contributed by atoms with Crippen molar-refractivity contribution in [2.24, 2.45) is 0 Å². The Kier molecular flexibility index (Phi) is 4.02. The molecule has 0 amide bonds. The van der Waals surface area contributed by atoms with Crippen molar-refractivity contribution in [2.45, 2.75) is 6.61 Å². The van der Waals surface area contributed by atoms with Gasteiger partial charge in [-0.05, 0) is 51.8 Å². The Labute approximate surface area is 112 Å². The molecular weight excluding hydrogens is 306 g/mol. The average Bonchev–Trinajstić information content (AvgIpc) is 2.31. The number of halogens is 3. The summed E-state index contributed by atoms with van der Waals surface area (Å²) in [4.78, 5) is 0. The fourth-order valence-electron chi connectivity index (χ4n) is 1.36. The van der Waals surface area contributed by atoms with Crippen LogP contribution in [0.3, 0.4) is 0 Å². The van der Waals surface area contributed by atoms with E-state index in [1.165, 1.54) is 12.1 Å². The minimum absolute atomic E-state index is 0.264. The summed E-state index contributed by atoms with van der Waals surface area (Å²) in [6.07, 6.45) is 0. The first-order valence-corrected chi connectivity index (χ1v) is 6.14. The van der Waals surface area contributed by atoms with Gasteiger partial charge in [-0.1, -0.05) is 23.7 Å². The molecule has 2 rings (SSSR count). The van der Waals surface area contributed by atoms with Gasteiger partial charge in [0.25, 0.3) is 0 Å². The standard InChI is InChI=1S/C13H9BrClFO/c14-12-5-4-11(7-13(12)15)17-8-9-2-1-3-10(16)6-9/h1-7H,8H2. The predicted molar refractivity (Wildman–Crippen MR) is 69.9 cm³/mol. The Morgan fingerprint density at radius 1 is 1.18 bits per heavy atom. The second-order valence-corrected chi connectivity index (χ2v) is 4.76. The van der Waals surface area contributed by atoms with Crippen LogP contribution in [-0.2, 0) is 6.61 Å². The molecule has 0 unspecified atom stereocenters. The first kappa shape index (κ1) is 12.4. The van der Waals surface area contributed by atoms with Crippen LogP contribution in [0.25, 0.3) is 0 Å². The topological polar surface area (TPSA) is 9.23 Å². The van der Waals surface area contributed by atoms with Crippen LogP contribution in [0.2, 0.25) is 5.02 Å². The van der Waals surface area contributed by atoms with Crippen molar-refractivity contribution in [1.82, 2.24) is 0 Å². The summed E-state index contributed by atoms with van der Waals surface area (Å²) in [5, 5.41) is 0.585. The highest BCUT2D eigenvalue weighted by atomic mass is 79.9. The summed E-state index contributed by atoms with van der Waals surface area (Å²) in [5.41, 5.74) is 0.782. The number of hydrogen-bond donors (Lipinski definition) is 0. The highest BCUT2D eigenvalue weighted by Gasteiger charge is 2.01. The van der Waals surface area contributed by atoms with E-state index in [0.717, 1.165) is 10.0 Å². The molecule has 17 heavy (non-hydrogen) atoms. The van der Waals surface area contributed by atoms with Gasteiger partial charge >= 0.3 is 0 Å². The minimum Gasteiger partial charge on any atom is -0.489 e. The lowest BCUT2D eigenvalue weighted by atomic mass is 10.2. The average molecular weight is 316 g/mol. The summed E-state index contributed by atoms with van der Waals surface area (Å²) in [7, 11) is 0. The molecule has 0 aliphatic carbocycles. The van der Waals surface area contributed by atoms with Crippen LogP contribution in [0.4, 0.5) is 4.39 Å². The van der Waals surface area contributed by atoms with E-state index < -0.39 is 0 Å². The first-order valence-electron chi connectivity index (χ1n) is 4.97. The van der Waals surface area contributed by atoms with Gasteiger partial charge in [-0.3, -0.25) is 0 Å². The zero-order valence-electron chi connectivity index (χ0n) is 8.79. The molecule has 0 saturated heterocycles. The number of rotatable bonds is 3. The van der Waals surface area contributed by atoms with E-state index in [-0.39, 0.29) is 5.82 Å². The van der Waals surface area contributed by atoms with Crippen molar-refractivity contribution in [3.05, 3.63) is 63.3 Å². The third-order valence-electron chi connectivity index (χ3n) is 2.19. The van der Waals surface area contributed by atoms with Crippen LogP contribution < -0.4 is 4.74 Å². The van der Waals surface area contributed by atoms with Gasteiger partial charge in [-0.15, -0.1) is 0 Å². The Hall–Kier alpha value is -1.06. The second-order valence-electron chi connectivity index (χ2n) is 3.49. The third-order valence-corrected chi connectivity index (χ3v) is 3.42. The summed E-state index contributed by atoms with van der Waals surface area (Å²) >= 11 is 9.23. The molecule has 0 bridgehead atoms. The smallest absolute Gasteiger partial charge is 0.123 e. The van der Waals surface area contributed by atoms with Crippen LogP contribution in [-0.4, -0.2) is 0 Å². The fourth-order valence-corrected chi connectivity index (χ4v) is 1.78. The molecule has 0 aromatic heterocycles. The van der Waals surface area contributed by atoms with Gasteiger partial charge in [-0.2, -0.15) is 0 Å². The molecule has 0 heterocycles. The molecular formula is C13H9BrClFO. The van der Waals surface area contributed by atoms with Crippen LogP contribution >= 0.6 is 27.5 Å². The van der Waals surface area contributed by atoms with Crippen molar-refractivity contribution in [3.8, 4) is 5.75 Å². The Morgan fingerprint density at radius 3 is 2.71 bits per heavy atom. The molecule has 0 radical (unpaired) electrons. The lowest BCUT2D eigenvalue weighted by Crippen LogP contribution is -1.95. The fraction of sp³-hybridized carbons (Fsp3) is 0.0769. The summed E-state index contributed by atoms with van der Waals surface area (Å²) in [6.45, 7) is 0.315. The van der Waals surface area contributed by atoms with Crippen molar-refractivity contribution in [3.63, 3.8) is 0 Å². The quantitative estimate of drug-likeness (QED) is 0.789. The maximum absolute atomic E-state index is 12.9. The maximum atomic E-state index is 12.9. The molecule has 0 spiro atoms. The van der Waals surface area contributed by atoms with Crippen molar-refractivity contribution in [2.75, 3.05) is 0 Å². The second kappa shape index (κ2) is 5.52. The Morgan fingerprint density at radius 2 is 2.00 bits per heavy atom. The van der Waals surface area contributed by atoms with Crippen LogP contribution in [0, 0.1) is 5.82 Å². The SMILES string of the molecule is Fc1cccc(COc2ccc(Br)c(Cl)c2)c1. The summed E-state index contributed by atoms with van der Waals surface area (Å²) in [6, 6.07) is 11.6. The van der Waals surface area contributed by atoms with Gasteiger partial charge < -0.3 is 4.74 Å². The number of benzene rings is 2. The van der Waals surface area contributed by atoms with E-state index in [9.17, 15) is 4.39 Å². The van der Waals surface area contributed by atoms with Crippen molar-refractivity contribution in [1.29, 1.82) is 0 Å². The molecule has 0 aliphatic heterocycles. The lowest BCUT2D eigenvalue weighted by molar-refractivity contribution is 0.305. The zero-order valence-corrected chi connectivity index (χ0v) is 11.1. The van der Waals surface area contributed by atoms with Gasteiger partial charge in [0.2, 0.25) is 0 Å². The Bertz CT molecular complexity index is 531. The normalized spacial score (nSPS) is 10.3. The molecule has 0 saturated carbocycles. The van der Waals surface area contributed by atoms with Crippen molar-refractivity contribution < 1.29 is 9.13 Å². The van der Waals surface area contributed by atoms with Crippen LogP contribution in [0.5, 0.6) is 5.75 Å². The van der Waals surface area contributed by atoms with E-state index in [2.05, 4.69) is 15.9 Å². The highest BCUT2D eigenvalue weighted by Crippen LogP contribution is 2.27. The van der Waals surface area contributed by atoms with Gasteiger partial charge in [0, 0.05) is 4.47 Å². The maximum Gasteiger partial charge on any atom is 0.123 e. The molecule has 1 nitrogen and oxygen atoms in total. The minimum atomic E-state index is -0.264. The zero-order chi connectivity index (χ0) is 12.3. The molecule has 2 aromatic carbocycles. The van der Waals surface area contributed by atoms with E-state index in [0.29, 0.717) is 17.4 Å². The highest BCUT2D eigenvalue weighted by molar-refractivity contribution is 9.10. The van der Waals surface area contributed by atoms with Crippen molar-refractivity contribution >= 4 is 27.5 Å². The summed E-state index contributed by atoms with van der Waals surface area (Å²) < 4.78 is 19.3.